The smallest absolute Gasteiger partial charge is 0.282 e. The van der Waals surface area contributed by atoms with E-state index in [1.54, 1.807) is 0 Å². The molecule has 37 heavy (non-hydrogen) atoms. The van der Waals surface area contributed by atoms with Crippen LogP contribution in [0, 0.1) is 35.5 Å². The van der Waals surface area contributed by atoms with Crippen molar-refractivity contribution in [2.45, 2.75) is 138 Å². The summed E-state index contributed by atoms with van der Waals surface area (Å²) in [5, 5.41) is 0. The highest BCUT2D eigenvalue weighted by Crippen LogP contribution is 2.65. The predicted octanol–water partition coefficient (Wildman–Crippen LogP) is 8.34. The van der Waals surface area contributed by atoms with Crippen LogP contribution in [0.25, 0.3) is 0 Å². The van der Waals surface area contributed by atoms with E-state index in [-0.39, 0.29) is 16.2 Å². The number of fused-ring (bicyclic) bond motifs is 6. The molecule has 0 aliphatic heterocycles. The molecule has 6 fully saturated rings. The lowest BCUT2D eigenvalue weighted by molar-refractivity contribution is 0.231. The van der Waals surface area contributed by atoms with E-state index in [2.05, 4.69) is 32.9 Å². The Hall–Kier alpha value is -0.870. The van der Waals surface area contributed by atoms with E-state index in [1.807, 2.05) is 0 Å². The molecule has 0 amide bonds. The van der Waals surface area contributed by atoms with Crippen LogP contribution < -0.4 is 0 Å². The van der Waals surface area contributed by atoms with Gasteiger partial charge in [0.2, 0.25) is 0 Å². The van der Waals surface area contributed by atoms with Crippen LogP contribution in [0.2, 0.25) is 0 Å². The van der Waals surface area contributed by atoms with Crippen molar-refractivity contribution in [3.05, 3.63) is 28.8 Å². The van der Waals surface area contributed by atoms with Crippen molar-refractivity contribution in [2.24, 2.45) is 35.5 Å². The first-order chi connectivity index (χ1) is 17.7. The molecule has 1 aromatic rings. The van der Waals surface area contributed by atoms with Crippen LogP contribution in [0.15, 0.2) is 17.0 Å². The van der Waals surface area contributed by atoms with Gasteiger partial charge in [0.15, 0.2) is 0 Å². The second-order valence-electron chi connectivity index (χ2n) is 14.6. The second-order valence-corrected chi connectivity index (χ2v) is 16.0. The van der Waals surface area contributed by atoms with Crippen molar-refractivity contribution < 1.29 is 13.0 Å². The quantitative estimate of drug-likeness (QED) is 0.365. The molecule has 3 nitrogen and oxygen atoms in total. The third-order valence-electron chi connectivity index (χ3n) is 13.8. The standard InChI is InChI=1S/C33H48O3S/c1-4-31(18-21-7-10-24(31)13-21)27-16-28(32(5-2)19-22-8-11-25(32)14-22)30(37(34,35)36)29(17-27)33(6-3)20-23-9-12-26(33)15-23/h16-17,21-26H,4-15,18-20H2,1-3H3,(H,34,35,36). The Morgan fingerprint density at radius 1 is 0.676 bits per heavy atom. The second kappa shape index (κ2) is 8.32. The number of rotatable bonds is 7. The van der Waals surface area contributed by atoms with Gasteiger partial charge < -0.3 is 0 Å². The number of hydrogen-bond acceptors (Lipinski definition) is 2. The third-order valence-corrected chi connectivity index (χ3v) is 14.8. The fourth-order valence-corrected chi connectivity index (χ4v) is 13.2. The topological polar surface area (TPSA) is 54.4 Å². The lowest BCUT2D eigenvalue weighted by Gasteiger charge is -2.45. The van der Waals surface area contributed by atoms with Gasteiger partial charge in [0.1, 0.15) is 4.90 Å². The number of hydrogen-bond donors (Lipinski definition) is 1. The molecule has 1 aromatic carbocycles. The van der Waals surface area contributed by atoms with E-state index in [0.29, 0.717) is 16.7 Å². The van der Waals surface area contributed by atoms with Gasteiger partial charge in [0.05, 0.1) is 0 Å². The maximum atomic E-state index is 13.6. The Bertz CT molecular complexity index is 1150. The third kappa shape index (κ3) is 3.30. The summed E-state index contributed by atoms with van der Waals surface area (Å²) in [7, 11) is -4.35. The lowest BCUT2D eigenvalue weighted by atomic mass is 9.60. The molecular formula is C33H48O3S. The normalized spacial score (nSPS) is 45.9. The summed E-state index contributed by atoms with van der Waals surface area (Å²) in [5.74, 6) is 4.12. The van der Waals surface area contributed by atoms with Gasteiger partial charge in [-0.3, -0.25) is 4.55 Å². The molecule has 0 aromatic heterocycles. The molecule has 6 saturated carbocycles. The van der Waals surface area contributed by atoms with Gasteiger partial charge in [-0.1, -0.05) is 52.2 Å². The molecule has 7 rings (SSSR count). The fourth-order valence-electron chi connectivity index (χ4n) is 12.2. The van der Waals surface area contributed by atoms with Gasteiger partial charge in [-0.25, -0.2) is 0 Å². The van der Waals surface area contributed by atoms with Crippen molar-refractivity contribution in [3.63, 3.8) is 0 Å². The minimum absolute atomic E-state index is 0.0993. The van der Waals surface area contributed by atoms with Crippen LogP contribution in [-0.4, -0.2) is 13.0 Å². The van der Waals surface area contributed by atoms with E-state index >= 15 is 0 Å². The average molecular weight is 525 g/mol. The molecule has 9 atom stereocenters. The fraction of sp³-hybridized carbons (Fsp3) is 0.818. The van der Waals surface area contributed by atoms with Crippen LogP contribution in [-0.2, 0) is 26.4 Å². The van der Waals surface area contributed by atoms with Crippen molar-refractivity contribution in [1.29, 1.82) is 0 Å². The molecule has 0 radical (unpaired) electrons. The van der Waals surface area contributed by atoms with Gasteiger partial charge in [0.25, 0.3) is 10.1 Å². The van der Waals surface area contributed by atoms with Gasteiger partial charge >= 0.3 is 0 Å². The largest absolute Gasteiger partial charge is 0.295 e. The van der Waals surface area contributed by atoms with Crippen LogP contribution >= 0.6 is 0 Å². The SMILES string of the molecule is CCC1(c2cc(C3(CC)CC4CCC3C4)c(S(=O)(=O)O)c(C3(CC)CC4CCC3C4)c2)CC2CCC1C2. The van der Waals surface area contributed by atoms with E-state index in [4.69, 9.17) is 0 Å². The highest BCUT2D eigenvalue weighted by molar-refractivity contribution is 7.86. The van der Waals surface area contributed by atoms with Crippen molar-refractivity contribution >= 4 is 10.1 Å². The van der Waals surface area contributed by atoms with Gasteiger partial charge in [-0.05, 0) is 145 Å². The molecule has 6 aliphatic rings. The average Bonchev–Trinajstić information content (AvgIpc) is 3.74. The maximum Gasteiger partial charge on any atom is 0.295 e. The minimum Gasteiger partial charge on any atom is -0.282 e. The Balaban J connectivity index is 1.53. The molecule has 0 heterocycles. The Morgan fingerprint density at radius 2 is 1.05 bits per heavy atom. The van der Waals surface area contributed by atoms with Crippen LogP contribution in [0.5, 0.6) is 0 Å². The summed E-state index contributed by atoms with van der Waals surface area (Å²) in [6, 6.07) is 4.77. The van der Waals surface area contributed by atoms with E-state index < -0.39 is 10.1 Å². The predicted molar refractivity (Wildman–Crippen MR) is 149 cm³/mol. The molecular weight excluding hydrogens is 476 g/mol. The molecule has 6 aliphatic carbocycles. The molecule has 204 valence electrons. The minimum atomic E-state index is -4.35. The van der Waals surface area contributed by atoms with E-state index in [0.717, 1.165) is 66.9 Å². The van der Waals surface area contributed by atoms with E-state index in [1.165, 1.54) is 69.8 Å². The monoisotopic (exact) mass is 524 g/mol. The molecule has 4 heteroatoms. The summed E-state index contributed by atoms with van der Waals surface area (Å²) in [4.78, 5) is 0.370. The Kier molecular flexibility index (Phi) is 5.65. The summed E-state index contributed by atoms with van der Waals surface area (Å²) < 4.78 is 38.3. The van der Waals surface area contributed by atoms with Crippen LogP contribution in [0.3, 0.4) is 0 Å². The zero-order chi connectivity index (χ0) is 25.8. The van der Waals surface area contributed by atoms with Gasteiger partial charge in [-0.2, -0.15) is 8.42 Å². The van der Waals surface area contributed by atoms with Gasteiger partial charge in [0, 0.05) is 0 Å². The summed E-state index contributed by atoms with van der Waals surface area (Å²) in [5.41, 5.74) is 3.52. The van der Waals surface area contributed by atoms with Crippen molar-refractivity contribution in [2.75, 3.05) is 0 Å². The first-order valence-corrected chi connectivity index (χ1v) is 17.3. The Labute approximate surface area is 225 Å². The molecule has 9 unspecified atom stereocenters. The zero-order valence-corrected chi connectivity index (χ0v) is 24.2. The van der Waals surface area contributed by atoms with Crippen LogP contribution in [0.1, 0.15) is 134 Å². The first kappa shape index (κ1) is 25.1. The van der Waals surface area contributed by atoms with E-state index in [9.17, 15) is 13.0 Å². The summed E-state index contributed by atoms with van der Waals surface area (Å²) >= 11 is 0. The zero-order valence-electron chi connectivity index (χ0n) is 23.4. The highest BCUT2D eigenvalue weighted by Gasteiger charge is 2.58. The lowest BCUT2D eigenvalue weighted by Crippen LogP contribution is -2.40. The van der Waals surface area contributed by atoms with Crippen molar-refractivity contribution in [3.8, 4) is 0 Å². The maximum absolute atomic E-state index is 13.6. The number of benzene rings is 1. The molecule has 0 saturated heterocycles. The molecule has 6 bridgehead atoms. The first-order valence-electron chi connectivity index (χ1n) is 15.9. The summed E-state index contributed by atoms with van der Waals surface area (Å²) in [6.45, 7) is 6.97. The van der Waals surface area contributed by atoms with Crippen molar-refractivity contribution in [1.82, 2.24) is 0 Å². The highest BCUT2D eigenvalue weighted by atomic mass is 32.2. The molecule has 1 N–H and O–H groups in total. The van der Waals surface area contributed by atoms with Gasteiger partial charge in [-0.15, -0.1) is 0 Å². The Morgan fingerprint density at radius 3 is 1.32 bits per heavy atom. The summed E-state index contributed by atoms with van der Waals surface area (Å²) in [6.07, 6.45) is 18.2. The van der Waals surface area contributed by atoms with Crippen LogP contribution in [0.4, 0.5) is 0 Å². The molecule has 0 spiro atoms.